The number of hydrogen-bond acceptors (Lipinski definition) is 6. The van der Waals surface area contributed by atoms with Crippen LogP contribution in [0.3, 0.4) is 0 Å². The van der Waals surface area contributed by atoms with E-state index in [4.69, 9.17) is 9.47 Å². The standard InChI is InChI=1S/C14H13NO5S/c16-12(20-9-5-6-19-14(9)18)7-11-13(17)15-8-3-1-2-4-10(8)21-11/h1-4,9,11H,5-7H2,(H,15,17)/t9-,11+/m1/s1. The number of rotatable bonds is 3. The minimum absolute atomic E-state index is 0.0748. The number of nitrogens with one attached hydrogen (secondary N) is 1. The Balaban J connectivity index is 1.61. The quantitative estimate of drug-likeness (QED) is 0.849. The van der Waals surface area contributed by atoms with Crippen molar-refractivity contribution in [3.63, 3.8) is 0 Å². The summed E-state index contributed by atoms with van der Waals surface area (Å²) in [5.41, 5.74) is 0.747. The van der Waals surface area contributed by atoms with E-state index in [-0.39, 0.29) is 18.9 Å². The number of amides is 1. The third kappa shape index (κ3) is 3.02. The highest BCUT2D eigenvalue weighted by molar-refractivity contribution is 8.01. The molecular formula is C14H13NO5S. The summed E-state index contributed by atoms with van der Waals surface area (Å²) < 4.78 is 9.78. The fourth-order valence-electron chi connectivity index (χ4n) is 2.17. The normalized spacial score (nSPS) is 24.0. The van der Waals surface area contributed by atoms with Crippen LogP contribution in [0.5, 0.6) is 0 Å². The molecule has 110 valence electrons. The number of fused-ring (bicyclic) bond motifs is 1. The number of carbonyl (C=O) groups excluding carboxylic acids is 3. The number of anilines is 1. The van der Waals surface area contributed by atoms with Crippen molar-refractivity contribution >= 4 is 35.3 Å². The third-order valence-corrected chi connectivity index (χ3v) is 4.49. The van der Waals surface area contributed by atoms with E-state index < -0.39 is 23.3 Å². The van der Waals surface area contributed by atoms with Gasteiger partial charge in [-0.15, -0.1) is 11.8 Å². The van der Waals surface area contributed by atoms with Gasteiger partial charge in [0.2, 0.25) is 12.0 Å². The molecule has 2 heterocycles. The van der Waals surface area contributed by atoms with Crippen molar-refractivity contribution in [3.8, 4) is 0 Å². The summed E-state index contributed by atoms with van der Waals surface area (Å²) in [6.45, 7) is 0.267. The number of thioether (sulfide) groups is 1. The molecule has 2 aliphatic heterocycles. The van der Waals surface area contributed by atoms with Crippen LogP contribution in [0.1, 0.15) is 12.8 Å². The van der Waals surface area contributed by atoms with Crippen LogP contribution in [-0.4, -0.2) is 35.8 Å². The van der Waals surface area contributed by atoms with Crippen molar-refractivity contribution < 1.29 is 23.9 Å². The van der Waals surface area contributed by atoms with Crippen molar-refractivity contribution in [3.05, 3.63) is 24.3 Å². The van der Waals surface area contributed by atoms with E-state index in [0.717, 1.165) is 10.6 Å². The highest BCUT2D eigenvalue weighted by atomic mass is 32.2. The molecule has 1 N–H and O–H groups in total. The molecule has 7 heteroatoms. The van der Waals surface area contributed by atoms with E-state index in [0.29, 0.717) is 6.42 Å². The van der Waals surface area contributed by atoms with E-state index >= 15 is 0 Å². The van der Waals surface area contributed by atoms with Crippen LogP contribution in [0, 0.1) is 0 Å². The Labute approximate surface area is 125 Å². The van der Waals surface area contributed by atoms with Crippen molar-refractivity contribution in [2.24, 2.45) is 0 Å². The molecule has 0 saturated carbocycles. The molecule has 21 heavy (non-hydrogen) atoms. The maximum Gasteiger partial charge on any atom is 0.347 e. The van der Waals surface area contributed by atoms with Gasteiger partial charge in [-0.2, -0.15) is 0 Å². The molecule has 0 aliphatic carbocycles. The molecule has 1 aromatic rings. The molecule has 6 nitrogen and oxygen atoms in total. The Morgan fingerprint density at radius 3 is 2.95 bits per heavy atom. The molecule has 0 bridgehead atoms. The first kappa shape index (κ1) is 13.9. The van der Waals surface area contributed by atoms with Crippen molar-refractivity contribution in [1.29, 1.82) is 0 Å². The Hall–Kier alpha value is -2.02. The lowest BCUT2D eigenvalue weighted by molar-refractivity contribution is -0.160. The van der Waals surface area contributed by atoms with Crippen LogP contribution in [0.2, 0.25) is 0 Å². The average Bonchev–Trinajstić information content (AvgIpc) is 2.85. The first-order valence-corrected chi connectivity index (χ1v) is 7.44. The lowest BCUT2D eigenvalue weighted by Crippen LogP contribution is -2.33. The minimum atomic E-state index is -0.832. The van der Waals surface area contributed by atoms with Gasteiger partial charge < -0.3 is 14.8 Å². The summed E-state index contributed by atoms with van der Waals surface area (Å²) in [5, 5.41) is 2.21. The summed E-state index contributed by atoms with van der Waals surface area (Å²) in [6, 6.07) is 7.39. The third-order valence-electron chi connectivity index (χ3n) is 3.22. The number of benzene rings is 1. The number of para-hydroxylation sites is 1. The maximum atomic E-state index is 12.0. The zero-order chi connectivity index (χ0) is 14.8. The predicted molar refractivity (Wildman–Crippen MR) is 74.8 cm³/mol. The number of hydrogen-bond donors (Lipinski definition) is 1. The van der Waals surface area contributed by atoms with Crippen LogP contribution in [-0.2, 0) is 23.9 Å². The van der Waals surface area contributed by atoms with E-state index in [2.05, 4.69) is 5.32 Å². The molecule has 0 unspecified atom stereocenters. The number of carbonyl (C=O) groups is 3. The van der Waals surface area contributed by atoms with Crippen LogP contribution >= 0.6 is 11.8 Å². The monoisotopic (exact) mass is 307 g/mol. The Morgan fingerprint density at radius 1 is 1.38 bits per heavy atom. The largest absolute Gasteiger partial charge is 0.463 e. The summed E-state index contributed by atoms with van der Waals surface area (Å²) in [7, 11) is 0. The van der Waals surface area contributed by atoms with Gasteiger partial charge in [0.25, 0.3) is 0 Å². The molecule has 2 atom stereocenters. The fourth-order valence-corrected chi connectivity index (χ4v) is 3.26. The predicted octanol–water partition coefficient (Wildman–Crippen LogP) is 1.35. The number of ether oxygens (including phenoxy) is 2. The summed E-state index contributed by atoms with van der Waals surface area (Å²) in [4.78, 5) is 36.0. The second-order valence-electron chi connectivity index (χ2n) is 4.73. The van der Waals surface area contributed by atoms with Gasteiger partial charge in [-0.05, 0) is 12.1 Å². The molecule has 1 aromatic carbocycles. The van der Waals surface area contributed by atoms with Gasteiger partial charge in [0.15, 0.2) is 0 Å². The highest BCUT2D eigenvalue weighted by Crippen LogP contribution is 2.36. The summed E-state index contributed by atoms with van der Waals surface area (Å²) >= 11 is 1.32. The lowest BCUT2D eigenvalue weighted by Gasteiger charge is -2.23. The Kier molecular flexibility index (Phi) is 3.83. The van der Waals surface area contributed by atoms with Crippen molar-refractivity contribution in [2.45, 2.75) is 29.1 Å². The van der Waals surface area contributed by atoms with Crippen molar-refractivity contribution in [2.75, 3.05) is 11.9 Å². The van der Waals surface area contributed by atoms with Crippen LogP contribution in [0.25, 0.3) is 0 Å². The first-order chi connectivity index (χ1) is 10.1. The van der Waals surface area contributed by atoms with E-state index in [9.17, 15) is 14.4 Å². The minimum Gasteiger partial charge on any atom is -0.463 e. The summed E-state index contributed by atoms with van der Waals surface area (Å²) in [6.07, 6.45) is -0.534. The van der Waals surface area contributed by atoms with Crippen molar-refractivity contribution in [1.82, 2.24) is 0 Å². The van der Waals surface area contributed by atoms with Gasteiger partial charge in [-0.1, -0.05) is 12.1 Å². The van der Waals surface area contributed by atoms with Gasteiger partial charge in [0.05, 0.1) is 24.0 Å². The second kappa shape index (κ2) is 5.77. The van der Waals surface area contributed by atoms with Gasteiger partial charge in [-0.3, -0.25) is 9.59 Å². The molecule has 0 spiro atoms. The zero-order valence-corrected chi connectivity index (χ0v) is 11.9. The zero-order valence-electron chi connectivity index (χ0n) is 11.0. The lowest BCUT2D eigenvalue weighted by atomic mass is 10.2. The second-order valence-corrected chi connectivity index (χ2v) is 5.98. The summed E-state index contributed by atoms with van der Waals surface area (Å²) in [5.74, 6) is -1.31. The van der Waals surface area contributed by atoms with E-state index in [1.807, 2.05) is 24.3 Å². The molecule has 1 saturated heterocycles. The van der Waals surface area contributed by atoms with Gasteiger partial charge >= 0.3 is 11.9 Å². The molecule has 2 aliphatic rings. The molecule has 0 aromatic heterocycles. The fraction of sp³-hybridized carbons (Fsp3) is 0.357. The van der Waals surface area contributed by atoms with Gasteiger partial charge in [0, 0.05) is 11.3 Å². The molecule has 1 amide bonds. The van der Waals surface area contributed by atoms with Gasteiger partial charge in [-0.25, -0.2) is 4.79 Å². The molecular weight excluding hydrogens is 294 g/mol. The maximum absolute atomic E-state index is 12.0. The van der Waals surface area contributed by atoms with Crippen LogP contribution in [0.4, 0.5) is 5.69 Å². The smallest absolute Gasteiger partial charge is 0.347 e. The highest BCUT2D eigenvalue weighted by Gasteiger charge is 2.33. The Bertz CT molecular complexity index is 603. The van der Waals surface area contributed by atoms with E-state index in [1.54, 1.807) is 0 Å². The molecule has 0 radical (unpaired) electrons. The average molecular weight is 307 g/mol. The van der Waals surface area contributed by atoms with E-state index in [1.165, 1.54) is 11.8 Å². The number of cyclic esters (lactones) is 1. The topological polar surface area (TPSA) is 81.7 Å². The van der Waals surface area contributed by atoms with Crippen LogP contribution in [0.15, 0.2) is 29.2 Å². The first-order valence-electron chi connectivity index (χ1n) is 6.56. The molecule has 3 rings (SSSR count). The van der Waals surface area contributed by atoms with Gasteiger partial charge in [0.1, 0.15) is 0 Å². The van der Waals surface area contributed by atoms with Crippen LogP contribution < -0.4 is 5.32 Å². The SMILES string of the molecule is O=C(C[C@@H]1Sc2ccccc2NC1=O)O[C@@H]1CCOC1=O. The number of esters is 2. The Morgan fingerprint density at radius 2 is 2.19 bits per heavy atom. The molecule has 1 fully saturated rings.